The third-order valence-electron chi connectivity index (χ3n) is 4.70. The number of carbonyl (C=O) groups excluding carboxylic acids is 1. The molecule has 1 heterocycles. The van der Waals surface area contributed by atoms with Crippen LogP contribution in [0.1, 0.15) is 57.4 Å². The molecule has 3 aromatic rings. The van der Waals surface area contributed by atoms with Crippen LogP contribution in [0.2, 0.25) is 0 Å². The smallest absolute Gasteiger partial charge is 0.335 e. The molecule has 6 heteroatoms. The molecule has 0 saturated carbocycles. The third kappa shape index (κ3) is 4.86. The van der Waals surface area contributed by atoms with Crippen molar-refractivity contribution in [2.75, 3.05) is 12.5 Å². The number of hydrogen-bond donors (Lipinski definition) is 1. The fourth-order valence-corrected chi connectivity index (χ4v) is 3.29. The lowest BCUT2D eigenvalue weighted by Crippen LogP contribution is -2.05. The van der Waals surface area contributed by atoms with Crippen LogP contribution in [0.15, 0.2) is 46.9 Å². The summed E-state index contributed by atoms with van der Waals surface area (Å²) in [6, 6.07) is 11.8. The van der Waals surface area contributed by atoms with Crippen molar-refractivity contribution in [2.45, 2.75) is 32.8 Å². The number of carboxylic acids is 1. The molecule has 0 amide bonds. The van der Waals surface area contributed by atoms with Crippen molar-refractivity contribution in [2.24, 2.45) is 0 Å². The number of benzene rings is 2. The summed E-state index contributed by atoms with van der Waals surface area (Å²) in [7, 11) is 0. The quantitative estimate of drug-likeness (QED) is 0.271. The predicted octanol–water partition coefficient (Wildman–Crippen LogP) is 5.46. The summed E-state index contributed by atoms with van der Waals surface area (Å²) >= 11 is 5.61. The van der Waals surface area contributed by atoms with E-state index in [1.165, 1.54) is 12.1 Å². The molecule has 0 bridgehead atoms. The molecule has 29 heavy (non-hydrogen) atoms. The minimum absolute atomic E-state index is 0.126. The van der Waals surface area contributed by atoms with Crippen LogP contribution in [0.3, 0.4) is 0 Å². The van der Waals surface area contributed by atoms with Gasteiger partial charge in [-0.15, -0.1) is 11.6 Å². The number of aryl methyl sites for hydroxylation is 1. The summed E-state index contributed by atoms with van der Waals surface area (Å²) in [6.45, 7) is 2.97. The summed E-state index contributed by atoms with van der Waals surface area (Å²) in [4.78, 5) is 24.7. The number of halogens is 1. The zero-order valence-corrected chi connectivity index (χ0v) is 17.0. The Bertz CT molecular complexity index is 1000. The average Bonchev–Trinajstić information content (AvgIpc) is 3.09. The van der Waals surface area contributed by atoms with E-state index in [0.717, 1.165) is 18.4 Å². The van der Waals surface area contributed by atoms with E-state index in [1.54, 1.807) is 18.2 Å². The van der Waals surface area contributed by atoms with Gasteiger partial charge in [-0.25, -0.2) is 4.79 Å². The van der Waals surface area contributed by atoms with Crippen molar-refractivity contribution in [3.05, 3.63) is 70.5 Å². The number of hydrogen-bond acceptors (Lipinski definition) is 4. The zero-order chi connectivity index (χ0) is 20.8. The highest BCUT2D eigenvalue weighted by Gasteiger charge is 2.22. The molecule has 3 rings (SSSR count). The van der Waals surface area contributed by atoms with E-state index in [0.29, 0.717) is 53.4 Å². The number of fused-ring (bicyclic) bond motifs is 1. The molecule has 1 N–H and O–H groups in total. The number of ketones is 1. The zero-order valence-electron chi connectivity index (χ0n) is 16.2. The lowest BCUT2D eigenvalue weighted by molar-refractivity contribution is 0.0696. The normalized spacial score (nSPS) is 11.1. The van der Waals surface area contributed by atoms with E-state index in [-0.39, 0.29) is 11.3 Å². The second-order valence-electron chi connectivity index (χ2n) is 6.79. The molecule has 2 aromatic carbocycles. The van der Waals surface area contributed by atoms with Crippen LogP contribution in [0.5, 0.6) is 0 Å². The highest BCUT2D eigenvalue weighted by atomic mass is 35.5. The second kappa shape index (κ2) is 9.72. The van der Waals surface area contributed by atoms with E-state index < -0.39 is 5.97 Å². The van der Waals surface area contributed by atoms with Gasteiger partial charge in [0, 0.05) is 23.3 Å². The van der Waals surface area contributed by atoms with Gasteiger partial charge in [0.15, 0.2) is 5.78 Å². The largest absolute Gasteiger partial charge is 0.478 e. The molecule has 152 valence electrons. The number of carbonyl (C=O) groups is 2. The predicted molar refractivity (Wildman–Crippen MR) is 112 cm³/mol. The number of unbranched alkanes of at least 4 members (excludes halogenated alkanes) is 1. The standard InChI is InChI=1S/C23H23ClO5/c1-2-3-4-20-21(18-13-17(23(26)27)9-10-19(18)29-20)22(25)16-7-5-15(6-8-16)14-28-12-11-24/h5-10,13H,2-4,11-12,14H2,1H3,(H,26,27). The third-order valence-corrected chi connectivity index (χ3v) is 4.85. The van der Waals surface area contributed by atoms with Gasteiger partial charge in [-0.2, -0.15) is 0 Å². The van der Waals surface area contributed by atoms with E-state index in [4.69, 9.17) is 20.8 Å². The van der Waals surface area contributed by atoms with Crippen molar-refractivity contribution in [1.29, 1.82) is 0 Å². The number of furan rings is 1. The number of ether oxygens (including phenoxy) is 1. The Balaban J connectivity index is 1.98. The van der Waals surface area contributed by atoms with Crippen molar-refractivity contribution >= 4 is 34.3 Å². The first-order valence-electron chi connectivity index (χ1n) is 9.61. The lowest BCUT2D eigenvalue weighted by Gasteiger charge is -2.06. The van der Waals surface area contributed by atoms with Gasteiger partial charge in [0.2, 0.25) is 0 Å². The van der Waals surface area contributed by atoms with Gasteiger partial charge in [-0.05, 0) is 30.2 Å². The minimum Gasteiger partial charge on any atom is -0.478 e. The molecule has 5 nitrogen and oxygen atoms in total. The van der Waals surface area contributed by atoms with Gasteiger partial charge >= 0.3 is 5.97 Å². The first kappa shape index (κ1) is 21.1. The minimum atomic E-state index is -1.04. The molecule has 0 atom stereocenters. The Morgan fingerprint density at radius 2 is 1.83 bits per heavy atom. The van der Waals surface area contributed by atoms with Gasteiger partial charge < -0.3 is 14.3 Å². The van der Waals surface area contributed by atoms with Crippen LogP contribution in [0, 0.1) is 0 Å². The maximum absolute atomic E-state index is 13.3. The number of alkyl halides is 1. The molecule has 0 fully saturated rings. The van der Waals surface area contributed by atoms with Crippen LogP contribution in [0.4, 0.5) is 0 Å². The van der Waals surface area contributed by atoms with Crippen LogP contribution in [-0.4, -0.2) is 29.3 Å². The molecule has 0 aliphatic carbocycles. The molecule has 0 aliphatic rings. The maximum Gasteiger partial charge on any atom is 0.335 e. The molecule has 1 aromatic heterocycles. The van der Waals surface area contributed by atoms with Gasteiger partial charge in [-0.1, -0.05) is 37.6 Å². The molecular weight excluding hydrogens is 392 g/mol. The number of aromatic carboxylic acids is 1. The van der Waals surface area contributed by atoms with Gasteiger partial charge in [0.1, 0.15) is 11.3 Å². The van der Waals surface area contributed by atoms with Gasteiger partial charge in [-0.3, -0.25) is 4.79 Å². The van der Waals surface area contributed by atoms with Crippen LogP contribution < -0.4 is 0 Å². The summed E-state index contributed by atoms with van der Waals surface area (Å²) in [5.41, 5.74) is 2.56. The average molecular weight is 415 g/mol. The summed E-state index contributed by atoms with van der Waals surface area (Å²) < 4.78 is 11.3. The van der Waals surface area contributed by atoms with Gasteiger partial charge in [0.25, 0.3) is 0 Å². The van der Waals surface area contributed by atoms with Crippen LogP contribution in [-0.2, 0) is 17.8 Å². The molecule has 0 unspecified atom stereocenters. The van der Waals surface area contributed by atoms with Crippen molar-refractivity contribution in [3.63, 3.8) is 0 Å². The summed E-state index contributed by atoms with van der Waals surface area (Å²) in [5.74, 6) is -0.180. The van der Waals surface area contributed by atoms with Gasteiger partial charge in [0.05, 0.1) is 24.3 Å². The molecule has 0 aliphatic heterocycles. The Hall–Kier alpha value is -2.63. The molecule has 0 spiro atoms. The van der Waals surface area contributed by atoms with Crippen LogP contribution in [0.25, 0.3) is 11.0 Å². The monoisotopic (exact) mass is 414 g/mol. The fourth-order valence-electron chi connectivity index (χ4n) is 3.18. The van der Waals surface area contributed by atoms with Crippen molar-refractivity contribution < 1.29 is 23.8 Å². The Labute approximate surface area is 174 Å². The maximum atomic E-state index is 13.3. The molecule has 0 radical (unpaired) electrons. The lowest BCUT2D eigenvalue weighted by atomic mass is 9.97. The highest BCUT2D eigenvalue weighted by Crippen LogP contribution is 2.30. The summed E-state index contributed by atoms with van der Waals surface area (Å²) in [6.07, 6.45) is 2.46. The topological polar surface area (TPSA) is 76.7 Å². The van der Waals surface area contributed by atoms with E-state index in [2.05, 4.69) is 6.92 Å². The SMILES string of the molecule is CCCCc1oc2ccc(C(=O)O)cc2c1C(=O)c1ccc(COCCCl)cc1. The molecular formula is C23H23ClO5. The number of rotatable bonds is 10. The first-order valence-corrected chi connectivity index (χ1v) is 10.1. The Morgan fingerprint density at radius 1 is 1.10 bits per heavy atom. The summed E-state index contributed by atoms with van der Waals surface area (Å²) in [5, 5.41) is 9.86. The second-order valence-corrected chi connectivity index (χ2v) is 7.17. The Kier molecular flexibility index (Phi) is 7.07. The highest BCUT2D eigenvalue weighted by molar-refractivity contribution is 6.18. The van der Waals surface area contributed by atoms with Crippen molar-refractivity contribution in [1.82, 2.24) is 0 Å². The van der Waals surface area contributed by atoms with E-state index in [9.17, 15) is 14.7 Å². The molecule has 0 saturated heterocycles. The van der Waals surface area contributed by atoms with E-state index in [1.807, 2.05) is 12.1 Å². The number of carboxylic acid groups (broad SMARTS) is 1. The fraction of sp³-hybridized carbons (Fsp3) is 0.304. The van der Waals surface area contributed by atoms with Crippen LogP contribution >= 0.6 is 11.6 Å². The Morgan fingerprint density at radius 3 is 2.48 bits per heavy atom. The van der Waals surface area contributed by atoms with Crippen molar-refractivity contribution in [3.8, 4) is 0 Å². The van der Waals surface area contributed by atoms with E-state index >= 15 is 0 Å². The first-order chi connectivity index (χ1) is 14.0.